The minimum absolute atomic E-state index is 0.0473. The number of alkyl halides is 5. The fraction of sp³-hybridized carbons (Fsp3) is 0.400. The van der Waals surface area contributed by atoms with Crippen LogP contribution in [0, 0.1) is 0 Å². The van der Waals surface area contributed by atoms with E-state index in [2.05, 4.69) is 11.6 Å². The molecule has 0 aliphatic carbocycles. The molecule has 0 aliphatic heterocycles. The summed E-state index contributed by atoms with van der Waals surface area (Å²) in [5.41, 5.74) is 0. The van der Waals surface area contributed by atoms with Crippen LogP contribution in [0.3, 0.4) is 0 Å². The summed E-state index contributed by atoms with van der Waals surface area (Å²) in [6, 6.07) is 0. The summed E-state index contributed by atoms with van der Waals surface area (Å²) in [6.07, 6.45) is 0.244. The molecule has 12 heavy (non-hydrogen) atoms. The monoisotopic (exact) mass is 266 g/mol. The summed E-state index contributed by atoms with van der Waals surface area (Å²) in [7, 11) is 0. The first kappa shape index (κ1) is 11.8. The average Bonchev–Trinajstić information content (AvgIpc) is 1.81. The molecule has 0 unspecified atom stereocenters. The second-order valence-corrected chi connectivity index (χ2v) is 3.34. The molecule has 0 bridgehead atoms. The van der Waals surface area contributed by atoms with E-state index in [1.54, 1.807) is 15.9 Å². The lowest BCUT2D eigenvalue weighted by Crippen LogP contribution is -2.31. The third-order valence-electron chi connectivity index (χ3n) is 0.813. The molecule has 0 radical (unpaired) electrons. The van der Waals surface area contributed by atoms with Crippen LogP contribution in [0.1, 0.15) is 0 Å². The standard InChI is InChI=1S/C5H3BrClF3O2/c6-5(9,10)4(7,8)2-1-3(11)12/h1-2H,(H,11,12)/b2-1-/t4-/m1/s1. The molecule has 1 atom stereocenters. The van der Waals surface area contributed by atoms with Crippen LogP contribution in [0.4, 0.5) is 13.2 Å². The van der Waals surface area contributed by atoms with Gasteiger partial charge in [-0.3, -0.25) is 0 Å². The van der Waals surface area contributed by atoms with Gasteiger partial charge in [-0.25, -0.2) is 9.18 Å². The van der Waals surface area contributed by atoms with Crippen molar-refractivity contribution in [3.05, 3.63) is 12.2 Å². The van der Waals surface area contributed by atoms with Crippen molar-refractivity contribution in [2.45, 2.75) is 9.96 Å². The van der Waals surface area contributed by atoms with Gasteiger partial charge in [-0.15, -0.1) is 0 Å². The molecule has 0 heterocycles. The van der Waals surface area contributed by atoms with Crippen LogP contribution >= 0.6 is 27.5 Å². The molecule has 1 N–H and O–H groups in total. The number of aliphatic carboxylic acids is 1. The molecule has 0 saturated heterocycles. The highest BCUT2D eigenvalue weighted by Gasteiger charge is 2.49. The van der Waals surface area contributed by atoms with Crippen molar-refractivity contribution in [3.8, 4) is 0 Å². The Labute approximate surface area is 79.1 Å². The summed E-state index contributed by atoms with van der Waals surface area (Å²) >= 11 is 6.31. The van der Waals surface area contributed by atoms with Crippen LogP contribution in [0.15, 0.2) is 12.2 Å². The van der Waals surface area contributed by atoms with Crippen molar-refractivity contribution in [1.29, 1.82) is 0 Å². The molecule has 0 saturated carbocycles. The lowest BCUT2D eigenvalue weighted by Gasteiger charge is -2.18. The fourth-order valence-electron chi connectivity index (χ4n) is 0.270. The predicted molar refractivity (Wildman–Crippen MR) is 40.3 cm³/mol. The normalized spacial score (nSPS) is 17.8. The maximum absolute atomic E-state index is 12.6. The van der Waals surface area contributed by atoms with Gasteiger partial charge >= 0.3 is 10.8 Å². The number of allylic oxidation sites excluding steroid dienone is 1. The number of hydrogen-bond acceptors (Lipinski definition) is 1. The smallest absolute Gasteiger partial charge is 0.352 e. The quantitative estimate of drug-likeness (QED) is 0.630. The highest BCUT2D eigenvalue weighted by Crippen LogP contribution is 2.42. The molecule has 0 aromatic heterocycles. The first-order valence-electron chi connectivity index (χ1n) is 2.53. The first-order valence-corrected chi connectivity index (χ1v) is 3.70. The van der Waals surface area contributed by atoms with E-state index >= 15 is 0 Å². The van der Waals surface area contributed by atoms with Gasteiger partial charge in [-0.2, -0.15) is 8.78 Å². The van der Waals surface area contributed by atoms with Crippen molar-refractivity contribution < 1.29 is 23.1 Å². The van der Waals surface area contributed by atoms with E-state index in [1.807, 2.05) is 0 Å². The van der Waals surface area contributed by atoms with Crippen LogP contribution in [0.5, 0.6) is 0 Å². The Kier molecular flexibility index (Phi) is 3.59. The second-order valence-electron chi connectivity index (χ2n) is 1.79. The van der Waals surface area contributed by atoms with Crippen molar-refractivity contribution >= 4 is 33.5 Å². The van der Waals surface area contributed by atoms with Gasteiger partial charge in [0.1, 0.15) is 0 Å². The molecular formula is C5H3BrClF3O2. The van der Waals surface area contributed by atoms with Crippen LogP contribution in [0.2, 0.25) is 0 Å². The molecule has 0 fully saturated rings. The molecule has 0 rings (SSSR count). The molecule has 0 spiro atoms. The first-order chi connectivity index (χ1) is 5.17. The molecule has 0 aliphatic rings. The number of hydrogen-bond donors (Lipinski definition) is 1. The Morgan fingerprint density at radius 3 is 2.17 bits per heavy atom. The zero-order valence-electron chi connectivity index (χ0n) is 5.40. The number of carboxylic acids is 1. The molecule has 0 aromatic carbocycles. The molecular weight excluding hydrogens is 264 g/mol. The van der Waals surface area contributed by atoms with Crippen LogP contribution < -0.4 is 0 Å². The third kappa shape index (κ3) is 3.44. The highest BCUT2D eigenvalue weighted by molar-refractivity contribution is 9.10. The van der Waals surface area contributed by atoms with E-state index in [-0.39, 0.29) is 12.2 Å². The lowest BCUT2D eigenvalue weighted by molar-refractivity contribution is -0.131. The minimum atomic E-state index is -4.01. The summed E-state index contributed by atoms with van der Waals surface area (Å²) < 4.78 is 36.8. The van der Waals surface area contributed by atoms with E-state index in [1.165, 1.54) is 0 Å². The largest absolute Gasteiger partial charge is 0.478 e. The van der Waals surface area contributed by atoms with E-state index < -0.39 is 15.9 Å². The number of carbonyl (C=O) groups is 1. The Balaban J connectivity index is 4.54. The van der Waals surface area contributed by atoms with Crippen molar-refractivity contribution in [2.75, 3.05) is 0 Å². The van der Waals surface area contributed by atoms with Crippen molar-refractivity contribution in [2.24, 2.45) is 0 Å². The maximum atomic E-state index is 12.6. The summed E-state index contributed by atoms with van der Waals surface area (Å²) in [4.78, 5) is 5.79. The average molecular weight is 267 g/mol. The number of rotatable bonds is 3. The zero-order chi connectivity index (χ0) is 9.99. The van der Waals surface area contributed by atoms with Crippen LogP contribution in [0.25, 0.3) is 0 Å². The van der Waals surface area contributed by atoms with Gasteiger partial charge in [0.2, 0.25) is 0 Å². The Hall–Kier alpha value is -0.230. The Morgan fingerprint density at radius 2 is 1.92 bits per heavy atom. The molecule has 7 heteroatoms. The molecule has 0 amide bonds. The van der Waals surface area contributed by atoms with E-state index in [0.717, 1.165) is 0 Å². The summed E-state index contributed by atoms with van der Waals surface area (Å²) in [5, 5.41) is 4.43. The maximum Gasteiger partial charge on any atom is 0.352 e. The van der Waals surface area contributed by atoms with E-state index in [4.69, 9.17) is 5.11 Å². The summed E-state index contributed by atoms with van der Waals surface area (Å²) in [6.45, 7) is 0. The second kappa shape index (κ2) is 3.66. The van der Waals surface area contributed by atoms with Gasteiger partial charge in [0.15, 0.2) is 0 Å². The fourth-order valence-corrected chi connectivity index (χ4v) is 0.466. The Morgan fingerprint density at radius 1 is 1.50 bits per heavy atom. The van der Waals surface area contributed by atoms with Gasteiger partial charge in [-0.05, 0) is 22.0 Å². The van der Waals surface area contributed by atoms with Crippen LogP contribution in [-0.2, 0) is 4.79 Å². The molecule has 70 valence electrons. The predicted octanol–water partition coefficient (Wildman–Crippen LogP) is 2.52. The topological polar surface area (TPSA) is 37.3 Å². The number of halogens is 5. The van der Waals surface area contributed by atoms with E-state index in [9.17, 15) is 18.0 Å². The van der Waals surface area contributed by atoms with E-state index in [0.29, 0.717) is 0 Å². The van der Waals surface area contributed by atoms with Crippen molar-refractivity contribution in [3.63, 3.8) is 0 Å². The number of carboxylic acid groups (broad SMARTS) is 1. The minimum Gasteiger partial charge on any atom is -0.478 e. The van der Waals surface area contributed by atoms with Crippen molar-refractivity contribution in [1.82, 2.24) is 0 Å². The van der Waals surface area contributed by atoms with Gasteiger partial charge in [0.25, 0.3) is 5.13 Å². The molecule has 0 aromatic rings. The Bertz CT molecular complexity index is 211. The zero-order valence-corrected chi connectivity index (χ0v) is 7.74. The SMILES string of the molecule is O=C(O)/C=C\[C@](F)(Cl)C(F)(F)Br. The molecule has 2 nitrogen and oxygen atoms in total. The lowest BCUT2D eigenvalue weighted by atomic mass is 10.3. The van der Waals surface area contributed by atoms with Gasteiger partial charge < -0.3 is 5.11 Å². The highest BCUT2D eigenvalue weighted by atomic mass is 79.9. The third-order valence-corrected chi connectivity index (χ3v) is 1.98. The van der Waals surface area contributed by atoms with Gasteiger partial charge in [0, 0.05) is 6.08 Å². The summed E-state index contributed by atoms with van der Waals surface area (Å²) in [5.74, 6) is -1.56. The van der Waals surface area contributed by atoms with Gasteiger partial charge in [-0.1, -0.05) is 11.6 Å². The van der Waals surface area contributed by atoms with Crippen LogP contribution in [-0.4, -0.2) is 21.0 Å². The van der Waals surface area contributed by atoms with Gasteiger partial charge in [0.05, 0.1) is 0 Å².